The van der Waals surface area contributed by atoms with Gasteiger partial charge in [0.1, 0.15) is 5.75 Å². The molecule has 118 valence electrons. The molecule has 1 aromatic carbocycles. The molecule has 0 N–H and O–H groups in total. The summed E-state index contributed by atoms with van der Waals surface area (Å²) in [5.41, 5.74) is 2.01. The molecule has 0 unspecified atom stereocenters. The van der Waals surface area contributed by atoms with Crippen LogP contribution in [0.25, 0.3) is 6.08 Å². The average molecular weight is 308 g/mol. The number of amides is 1. The van der Waals surface area contributed by atoms with Crippen LogP contribution in [-0.2, 0) is 11.3 Å². The lowest BCUT2D eigenvalue weighted by Gasteiger charge is -2.20. The van der Waals surface area contributed by atoms with Crippen molar-refractivity contribution in [3.05, 3.63) is 66.0 Å². The topological polar surface area (TPSA) is 42.4 Å². The third-order valence-corrected chi connectivity index (χ3v) is 3.86. The molecule has 4 heteroatoms. The molecule has 4 nitrogen and oxygen atoms in total. The molecule has 1 aromatic heterocycles. The summed E-state index contributed by atoms with van der Waals surface area (Å²) in [6.45, 7) is 0.611. The first-order valence-corrected chi connectivity index (χ1v) is 7.78. The van der Waals surface area contributed by atoms with E-state index >= 15 is 0 Å². The van der Waals surface area contributed by atoms with E-state index in [1.807, 2.05) is 53.6 Å². The predicted molar refractivity (Wildman–Crippen MR) is 89.8 cm³/mol. The van der Waals surface area contributed by atoms with Gasteiger partial charge in [0, 0.05) is 31.1 Å². The van der Waals surface area contributed by atoms with Crippen molar-refractivity contribution >= 4 is 12.0 Å². The first kappa shape index (κ1) is 15.3. The van der Waals surface area contributed by atoms with Crippen LogP contribution in [0.3, 0.4) is 0 Å². The highest BCUT2D eigenvalue weighted by Gasteiger charge is 2.31. The molecule has 0 radical (unpaired) electrons. The number of carbonyl (C=O) groups excluding carboxylic acids is 1. The van der Waals surface area contributed by atoms with Crippen molar-refractivity contribution in [3.63, 3.8) is 0 Å². The molecule has 1 heterocycles. The second-order valence-corrected chi connectivity index (χ2v) is 5.67. The van der Waals surface area contributed by atoms with E-state index in [4.69, 9.17) is 4.74 Å². The molecule has 0 aliphatic heterocycles. The van der Waals surface area contributed by atoms with Crippen LogP contribution in [0, 0.1) is 0 Å². The molecule has 0 bridgehead atoms. The summed E-state index contributed by atoms with van der Waals surface area (Å²) in [7, 11) is 1.64. The highest BCUT2D eigenvalue weighted by atomic mass is 16.5. The first-order chi connectivity index (χ1) is 11.3. The van der Waals surface area contributed by atoms with Crippen molar-refractivity contribution < 1.29 is 9.53 Å². The molecule has 3 rings (SSSR count). The average Bonchev–Trinajstić information content (AvgIpc) is 3.43. The summed E-state index contributed by atoms with van der Waals surface area (Å²) in [6.07, 6.45) is 9.20. The monoisotopic (exact) mass is 308 g/mol. The summed E-state index contributed by atoms with van der Waals surface area (Å²) in [5.74, 6) is 0.827. The molecule has 23 heavy (non-hydrogen) atoms. The third kappa shape index (κ3) is 4.19. The molecule has 1 aliphatic carbocycles. The highest BCUT2D eigenvalue weighted by molar-refractivity contribution is 5.92. The lowest BCUT2D eigenvalue weighted by molar-refractivity contribution is -0.127. The maximum atomic E-state index is 12.5. The summed E-state index contributed by atoms with van der Waals surface area (Å²) >= 11 is 0. The molecule has 1 amide bonds. The molecule has 1 saturated carbocycles. The molecule has 1 aliphatic rings. The van der Waals surface area contributed by atoms with Crippen LogP contribution >= 0.6 is 0 Å². The molecular weight excluding hydrogens is 288 g/mol. The van der Waals surface area contributed by atoms with Crippen LogP contribution in [0.15, 0.2) is 54.9 Å². The van der Waals surface area contributed by atoms with Crippen molar-refractivity contribution in [1.29, 1.82) is 0 Å². The fourth-order valence-corrected chi connectivity index (χ4v) is 2.47. The minimum Gasteiger partial charge on any atom is -0.497 e. The van der Waals surface area contributed by atoms with Crippen molar-refractivity contribution in [2.24, 2.45) is 0 Å². The van der Waals surface area contributed by atoms with Crippen LogP contribution in [0.2, 0.25) is 0 Å². The Morgan fingerprint density at radius 2 is 2.22 bits per heavy atom. The van der Waals surface area contributed by atoms with Gasteiger partial charge in [-0.1, -0.05) is 18.2 Å². The van der Waals surface area contributed by atoms with Gasteiger partial charge in [-0.25, -0.2) is 0 Å². The van der Waals surface area contributed by atoms with E-state index in [2.05, 4.69) is 4.98 Å². The smallest absolute Gasteiger partial charge is 0.247 e. The van der Waals surface area contributed by atoms with Crippen molar-refractivity contribution in [2.75, 3.05) is 7.11 Å². The van der Waals surface area contributed by atoms with E-state index in [-0.39, 0.29) is 5.91 Å². The summed E-state index contributed by atoms with van der Waals surface area (Å²) in [6, 6.07) is 11.9. The lowest BCUT2D eigenvalue weighted by atomic mass is 10.2. The van der Waals surface area contributed by atoms with Gasteiger partial charge in [-0.2, -0.15) is 0 Å². The van der Waals surface area contributed by atoms with E-state index < -0.39 is 0 Å². The number of rotatable bonds is 6. The highest BCUT2D eigenvalue weighted by Crippen LogP contribution is 2.28. The summed E-state index contributed by atoms with van der Waals surface area (Å²) in [5, 5.41) is 0. The first-order valence-electron chi connectivity index (χ1n) is 7.78. The Labute approximate surface area is 136 Å². The fraction of sp³-hybridized carbons (Fsp3) is 0.263. The van der Waals surface area contributed by atoms with Crippen molar-refractivity contribution in [1.82, 2.24) is 9.88 Å². The normalized spacial score (nSPS) is 14.0. The minimum atomic E-state index is 0.0409. The Balaban J connectivity index is 1.70. The van der Waals surface area contributed by atoms with Gasteiger partial charge in [-0.3, -0.25) is 9.78 Å². The molecule has 0 saturated heterocycles. The van der Waals surface area contributed by atoms with Gasteiger partial charge in [0.25, 0.3) is 0 Å². The van der Waals surface area contributed by atoms with Crippen molar-refractivity contribution in [2.45, 2.75) is 25.4 Å². The van der Waals surface area contributed by atoms with Crippen LogP contribution in [0.1, 0.15) is 24.0 Å². The van der Waals surface area contributed by atoms with Crippen LogP contribution < -0.4 is 4.74 Å². The molecular formula is C19H20N2O2. The Morgan fingerprint density at radius 1 is 1.35 bits per heavy atom. The number of hydrogen-bond donors (Lipinski definition) is 0. The van der Waals surface area contributed by atoms with E-state index in [1.165, 1.54) is 0 Å². The fourth-order valence-electron chi connectivity index (χ4n) is 2.47. The number of carbonyl (C=O) groups is 1. The number of ether oxygens (including phenoxy) is 1. The second kappa shape index (κ2) is 7.09. The van der Waals surface area contributed by atoms with E-state index in [1.54, 1.807) is 19.4 Å². The predicted octanol–water partition coefficient (Wildman–Crippen LogP) is 3.29. The van der Waals surface area contributed by atoms with Gasteiger partial charge >= 0.3 is 0 Å². The van der Waals surface area contributed by atoms with Gasteiger partial charge in [0.15, 0.2) is 0 Å². The standard InChI is InChI=1S/C19H20N2O2/c1-23-18-6-2-4-15(12-18)7-10-19(22)21(17-8-9-17)14-16-5-3-11-20-13-16/h2-7,10-13,17H,8-9,14H2,1H3/b10-7+. The number of methoxy groups -OCH3 is 1. The Morgan fingerprint density at radius 3 is 2.91 bits per heavy atom. The number of benzene rings is 1. The second-order valence-electron chi connectivity index (χ2n) is 5.67. The number of aromatic nitrogens is 1. The SMILES string of the molecule is COc1cccc(/C=C/C(=O)N(Cc2cccnc2)C2CC2)c1. The van der Waals surface area contributed by atoms with Gasteiger partial charge in [0.05, 0.1) is 7.11 Å². The van der Waals surface area contributed by atoms with Crippen LogP contribution in [-0.4, -0.2) is 28.9 Å². The van der Waals surface area contributed by atoms with Gasteiger partial charge in [0.2, 0.25) is 5.91 Å². The quantitative estimate of drug-likeness (QED) is 0.769. The number of nitrogens with zero attached hydrogens (tertiary/aromatic N) is 2. The van der Waals surface area contributed by atoms with Gasteiger partial charge < -0.3 is 9.64 Å². The number of hydrogen-bond acceptors (Lipinski definition) is 3. The Hall–Kier alpha value is -2.62. The third-order valence-electron chi connectivity index (χ3n) is 3.86. The summed E-state index contributed by atoms with van der Waals surface area (Å²) in [4.78, 5) is 18.6. The lowest BCUT2D eigenvalue weighted by Crippen LogP contribution is -2.31. The number of pyridine rings is 1. The molecule has 0 atom stereocenters. The zero-order chi connectivity index (χ0) is 16.1. The van der Waals surface area contributed by atoms with Crippen LogP contribution in [0.4, 0.5) is 0 Å². The van der Waals surface area contributed by atoms with Crippen LogP contribution in [0.5, 0.6) is 5.75 Å². The van der Waals surface area contributed by atoms with Gasteiger partial charge in [-0.15, -0.1) is 0 Å². The Bertz CT molecular complexity index is 694. The maximum Gasteiger partial charge on any atom is 0.247 e. The van der Waals surface area contributed by atoms with E-state index in [0.29, 0.717) is 12.6 Å². The zero-order valence-electron chi connectivity index (χ0n) is 13.2. The van der Waals surface area contributed by atoms with E-state index in [9.17, 15) is 4.79 Å². The minimum absolute atomic E-state index is 0.0409. The van der Waals surface area contributed by atoms with Crippen molar-refractivity contribution in [3.8, 4) is 5.75 Å². The zero-order valence-corrected chi connectivity index (χ0v) is 13.2. The molecule has 1 fully saturated rings. The maximum absolute atomic E-state index is 12.5. The molecule has 0 spiro atoms. The Kier molecular flexibility index (Phi) is 4.71. The molecule has 2 aromatic rings. The van der Waals surface area contributed by atoms with Gasteiger partial charge in [-0.05, 0) is 48.2 Å². The summed E-state index contributed by atoms with van der Waals surface area (Å²) < 4.78 is 5.20. The largest absolute Gasteiger partial charge is 0.497 e. The van der Waals surface area contributed by atoms with E-state index in [0.717, 1.165) is 29.7 Å².